The molecule has 11 rings (SSSR count). The van der Waals surface area contributed by atoms with E-state index in [1.807, 2.05) is 12.1 Å². The zero-order valence-electron chi connectivity index (χ0n) is 30.6. The maximum atomic E-state index is 6.48. The lowest BCUT2D eigenvalue weighted by molar-refractivity contribution is 0.669. The number of para-hydroxylation sites is 1. The predicted octanol–water partition coefficient (Wildman–Crippen LogP) is 15.5. The standard InChI is InChI=1S/C54H35NO/c1-2-14-36(15-3-1)38-19-12-20-40(32-38)55(42-29-31-50-49-25-10-11-27-53(49)56-54(50)35-42)41-28-30-48(52(34-41)46-26-13-18-37-16-4-6-21-43(37)46)51-33-39-17-5-7-22-44(39)45-23-8-9-24-47(45)51/h1-35H. The van der Waals surface area contributed by atoms with E-state index in [-0.39, 0.29) is 0 Å². The average molecular weight is 714 g/mol. The summed E-state index contributed by atoms with van der Waals surface area (Å²) in [6.07, 6.45) is 0. The summed E-state index contributed by atoms with van der Waals surface area (Å²) < 4.78 is 6.48. The first-order valence-electron chi connectivity index (χ1n) is 19.2. The molecule has 0 saturated carbocycles. The molecule has 10 aromatic carbocycles. The lowest BCUT2D eigenvalue weighted by atomic mass is 9.87. The molecule has 0 saturated heterocycles. The quantitative estimate of drug-likeness (QED) is 0.160. The van der Waals surface area contributed by atoms with E-state index in [0.29, 0.717) is 0 Å². The Labute approximate surface area is 325 Å². The number of hydrogen-bond acceptors (Lipinski definition) is 2. The van der Waals surface area contributed by atoms with Crippen LogP contribution in [-0.4, -0.2) is 0 Å². The molecule has 0 amide bonds. The van der Waals surface area contributed by atoms with Crippen LogP contribution in [0, 0.1) is 0 Å². The molecule has 0 aliphatic rings. The van der Waals surface area contributed by atoms with Gasteiger partial charge < -0.3 is 9.32 Å². The molecule has 0 aliphatic carbocycles. The van der Waals surface area contributed by atoms with Gasteiger partial charge >= 0.3 is 0 Å². The van der Waals surface area contributed by atoms with E-state index in [9.17, 15) is 0 Å². The van der Waals surface area contributed by atoms with Crippen molar-refractivity contribution in [1.82, 2.24) is 0 Å². The number of fused-ring (bicyclic) bond motifs is 7. The summed E-state index contributed by atoms with van der Waals surface area (Å²) >= 11 is 0. The van der Waals surface area contributed by atoms with Crippen LogP contribution in [0.15, 0.2) is 217 Å². The van der Waals surface area contributed by atoms with Crippen molar-refractivity contribution in [2.45, 2.75) is 0 Å². The van der Waals surface area contributed by atoms with Gasteiger partial charge in [0, 0.05) is 33.9 Å². The van der Waals surface area contributed by atoms with Crippen LogP contribution < -0.4 is 4.90 Å². The topological polar surface area (TPSA) is 16.4 Å². The molecule has 1 aromatic heterocycles. The molecule has 2 heteroatoms. The highest BCUT2D eigenvalue weighted by molar-refractivity contribution is 6.16. The molecule has 1 heterocycles. The van der Waals surface area contributed by atoms with Crippen LogP contribution in [0.3, 0.4) is 0 Å². The SMILES string of the molecule is c1ccc(-c2cccc(N(c3ccc(-c4cc5ccccc5c5ccccc45)c(-c4cccc5ccccc45)c3)c3ccc4c(c3)oc3ccccc34)c2)cc1. The minimum Gasteiger partial charge on any atom is -0.456 e. The molecular weight excluding hydrogens is 679 g/mol. The molecule has 0 atom stereocenters. The van der Waals surface area contributed by atoms with Crippen LogP contribution in [0.1, 0.15) is 0 Å². The Morgan fingerprint density at radius 1 is 0.268 bits per heavy atom. The molecule has 0 radical (unpaired) electrons. The summed E-state index contributed by atoms with van der Waals surface area (Å²) in [7, 11) is 0. The molecule has 0 bridgehead atoms. The summed E-state index contributed by atoms with van der Waals surface area (Å²) in [5.41, 5.74) is 12.0. The normalized spacial score (nSPS) is 11.6. The molecule has 0 aliphatic heterocycles. The number of nitrogens with zero attached hydrogens (tertiary/aromatic N) is 1. The van der Waals surface area contributed by atoms with E-state index in [4.69, 9.17) is 4.42 Å². The molecule has 262 valence electrons. The van der Waals surface area contributed by atoms with Crippen molar-refractivity contribution in [3.05, 3.63) is 212 Å². The van der Waals surface area contributed by atoms with Gasteiger partial charge in [0.1, 0.15) is 11.2 Å². The Bertz CT molecular complexity index is 3260. The van der Waals surface area contributed by atoms with E-state index in [2.05, 4.69) is 205 Å². The molecule has 0 unspecified atom stereocenters. The molecule has 2 nitrogen and oxygen atoms in total. The lowest BCUT2D eigenvalue weighted by Crippen LogP contribution is -2.10. The predicted molar refractivity (Wildman–Crippen MR) is 237 cm³/mol. The second kappa shape index (κ2) is 13.2. The molecule has 11 aromatic rings. The van der Waals surface area contributed by atoms with E-state index >= 15 is 0 Å². The maximum Gasteiger partial charge on any atom is 0.137 e. The van der Waals surface area contributed by atoms with Gasteiger partial charge in [-0.25, -0.2) is 0 Å². The first kappa shape index (κ1) is 32.0. The average Bonchev–Trinajstić information content (AvgIpc) is 3.64. The fourth-order valence-electron chi connectivity index (χ4n) is 8.62. The highest BCUT2D eigenvalue weighted by Crippen LogP contribution is 2.46. The third-order valence-electron chi connectivity index (χ3n) is 11.2. The van der Waals surface area contributed by atoms with Crippen molar-refractivity contribution in [1.29, 1.82) is 0 Å². The Kier molecular flexibility index (Phi) is 7.53. The van der Waals surface area contributed by atoms with Crippen LogP contribution in [0.25, 0.3) is 87.6 Å². The van der Waals surface area contributed by atoms with Gasteiger partial charge in [-0.15, -0.1) is 0 Å². The maximum absolute atomic E-state index is 6.48. The van der Waals surface area contributed by atoms with Gasteiger partial charge in [-0.05, 0) is 114 Å². The van der Waals surface area contributed by atoms with Crippen molar-refractivity contribution in [2.75, 3.05) is 4.90 Å². The van der Waals surface area contributed by atoms with Crippen LogP contribution in [0.4, 0.5) is 17.1 Å². The fraction of sp³-hybridized carbons (Fsp3) is 0. The van der Waals surface area contributed by atoms with Gasteiger partial charge in [0.2, 0.25) is 0 Å². The Morgan fingerprint density at radius 2 is 0.875 bits per heavy atom. The second-order valence-electron chi connectivity index (χ2n) is 14.5. The van der Waals surface area contributed by atoms with Gasteiger partial charge in [0.15, 0.2) is 0 Å². The summed E-state index contributed by atoms with van der Waals surface area (Å²) in [4.78, 5) is 2.37. The number of furan rings is 1. The van der Waals surface area contributed by atoms with Crippen LogP contribution in [-0.2, 0) is 0 Å². The number of rotatable bonds is 6. The van der Waals surface area contributed by atoms with Crippen molar-refractivity contribution >= 4 is 71.3 Å². The first-order valence-corrected chi connectivity index (χ1v) is 19.2. The van der Waals surface area contributed by atoms with Gasteiger partial charge in [-0.2, -0.15) is 0 Å². The summed E-state index contributed by atoms with van der Waals surface area (Å²) in [6, 6.07) is 76.6. The third kappa shape index (κ3) is 5.34. The van der Waals surface area contributed by atoms with Gasteiger partial charge in [0.25, 0.3) is 0 Å². The molecule has 0 N–H and O–H groups in total. The summed E-state index contributed by atoms with van der Waals surface area (Å²) in [6.45, 7) is 0. The largest absolute Gasteiger partial charge is 0.456 e. The zero-order valence-corrected chi connectivity index (χ0v) is 30.6. The van der Waals surface area contributed by atoms with Crippen LogP contribution in [0.2, 0.25) is 0 Å². The van der Waals surface area contributed by atoms with Crippen molar-refractivity contribution < 1.29 is 4.42 Å². The number of hydrogen-bond donors (Lipinski definition) is 0. The van der Waals surface area contributed by atoms with E-state index in [1.54, 1.807) is 0 Å². The van der Waals surface area contributed by atoms with E-state index < -0.39 is 0 Å². The number of benzene rings is 10. The van der Waals surface area contributed by atoms with Crippen LogP contribution >= 0.6 is 0 Å². The summed E-state index contributed by atoms with van der Waals surface area (Å²) in [5, 5.41) is 9.66. The summed E-state index contributed by atoms with van der Waals surface area (Å²) in [5.74, 6) is 0. The molecule has 56 heavy (non-hydrogen) atoms. The lowest BCUT2D eigenvalue weighted by Gasteiger charge is -2.27. The Balaban J connectivity index is 1.19. The van der Waals surface area contributed by atoms with Gasteiger partial charge in [-0.1, -0.05) is 158 Å². The van der Waals surface area contributed by atoms with Crippen molar-refractivity contribution in [3.8, 4) is 33.4 Å². The zero-order chi connectivity index (χ0) is 37.0. The van der Waals surface area contributed by atoms with Gasteiger partial charge in [0.05, 0.1) is 0 Å². The number of anilines is 3. The Hall–Kier alpha value is -7.42. The smallest absolute Gasteiger partial charge is 0.137 e. The minimum absolute atomic E-state index is 0.862. The highest BCUT2D eigenvalue weighted by Gasteiger charge is 2.21. The molecular formula is C54H35NO. The van der Waals surface area contributed by atoms with Gasteiger partial charge in [-0.3, -0.25) is 0 Å². The van der Waals surface area contributed by atoms with Crippen molar-refractivity contribution in [2.24, 2.45) is 0 Å². The van der Waals surface area contributed by atoms with E-state index in [0.717, 1.165) is 44.6 Å². The Morgan fingerprint density at radius 3 is 1.75 bits per heavy atom. The monoisotopic (exact) mass is 713 g/mol. The first-order chi connectivity index (χ1) is 27.8. The molecule has 0 spiro atoms. The fourth-order valence-corrected chi connectivity index (χ4v) is 8.62. The minimum atomic E-state index is 0.862. The van der Waals surface area contributed by atoms with E-state index in [1.165, 1.54) is 60.1 Å². The molecule has 0 fully saturated rings. The van der Waals surface area contributed by atoms with Crippen LogP contribution in [0.5, 0.6) is 0 Å². The highest BCUT2D eigenvalue weighted by atomic mass is 16.3. The van der Waals surface area contributed by atoms with Crippen molar-refractivity contribution in [3.63, 3.8) is 0 Å². The second-order valence-corrected chi connectivity index (χ2v) is 14.5. The third-order valence-corrected chi connectivity index (χ3v) is 11.2.